The summed E-state index contributed by atoms with van der Waals surface area (Å²) in [7, 11) is -2.03. The van der Waals surface area contributed by atoms with Gasteiger partial charge in [-0.3, -0.25) is 0 Å². The first-order valence-corrected chi connectivity index (χ1v) is 7.90. The fraction of sp³-hybridized carbons (Fsp3) is 0.222. The lowest BCUT2D eigenvalue weighted by Crippen LogP contribution is -2.30. The summed E-state index contributed by atoms with van der Waals surface area (Å²) in [5.41, 5.74) is 0.446. The lowest BCUT2D eigenvalue weighted by molar-refractivity contribution is 0.597. The second-order valence-electron chi connectivity index (χ2n) is 3.35. The Balaban J connectivity index is 2.80. The summed E-state index contributed by atoms with van der Waals surface area (Å²) in [6, 6.07) is 2.96. The highest BCUT2D eigenvalue weighted by Crippen LogP contribution is 2.39. The van der Waals surface area contributed by atoms with Crippen molar-refractivity contribution in [3.8, 4) is 0 Å². The minimum absolute atomic E-state index is 0.00358. The molecule has 1 heterocycles. The van der Waals surface area contributed by atoms with E-state index in [9.17, 15) is 8.42 Å². The Labute approximate surface area is 114 Å². The number of fused-ring (bicyclic) bond motifs is 1. The molecule has 0 amide bonds. The van der Waals surface area contributed by atoms with Gasteiger partial charge in [0, 0.05) is 12.1 Å². The molecule has 1 aliphatic rings. The van der Waals surface area contributed by atoms with Crippen LogP contribution in [0.25, 0.3) is 0 Å². The van der Waals surface area contributed by atoms with Crippen molar-refractivity contribution in [1.82, 2.24) is 0 Å². The maximum Gasteiger partial charge on any atom is 0.288 e. The van der Waals surface area contributed by atoms with Crippen LogP contribution in [-0.4, -0.2) is 26.9 Å². The molecular formula is C9H8Cl2N2O2S2. The molecule has 2 rings (SSSR count). The SMILES string of the molecule is CSC1=NS(=O)(=O)c2c(Cl)cc(Cl)cc2N1C. The Morgan fingerprint density at radius 2 is 2.00 bits per heavy atom. The Morgan fingerprint density at radius 3 is 2.59 bits per heavy atom. The van der Waals surface area contributed by atoms with E-state index in [0.29, 0.717) is 15.9 Å². The van der Waals surface area contributed by atoms with Crippen molar-refractivity contribution in [3.63, 3.8) is 0 Å². The molecule has 1 aromatic rings. The van der Waals surface area contributed by atoms with E-state index in [1.54, 1.807) is 24.3 Å². The standard InChI is InChI=1S/C9H8Cl2N2O2S2/c1-13-7-4-5(10)3-6(11)8(7)17(14,15)12-9(13)16-2/h3-4H,1-2H3. The molecule has 0 saturated carbocycles. The number of nitrogens with zero attached hydrogens (tertiary/aromatic N) is 2. The van der Waals surface area contributed by atoms with Gasteiger partial charge in [0.05, 0.1) is 10.7 Å². The lowest BCUT2D eigenvalue weighted by Gasteiger charge is -2.26. The minimum Gasteiger partial charge on any atom is -0.322 e. The first-order chi connectivity index (χ1) is 7.86. The maximum atomic E-state index is 12.0. The van der Waals surface area contributed by atoms with Crippen molar-refractivity contribution in [3.05, 3.63) is 22.2 Å². The van der Waals surface area contributed by atoms with E-state index in [4.69, 9.17) is 23.2 Å². The van der Waals surface area contributed by atoms with Crippen LogP contribution in [0.15, 0.2) is 21.4 Å². The number of hydrogen-bond acceptors (Lipinski definition) is 4. The summed E-state index contributed by atoms with van der Waals surface area (Å²) in [6.07, 6.45) is 1.75. The molecule has 17 heavy (non-hydrogen) atoms. The molecule has 1 aliphatic heterocycles. The van der Waals surface area contributed by atoms with E-state index in [0.717, 1.165) is 0 Å². The topological polar surface area (TPSA) is 49.7 Å². The van der Waals surface area contributed by atoms with Gasteiger partial charge in [-0.05, 0) is 18.4 Å². The van der Waals surface area contributed by atoms with Gasteiger partial charge in [0.2, 0.25) is 0 Å². The third-order valence-corrected chi connectivity index (χ3v) is 5.11. The van der Waals surface area contributed by atoms with Gasteiger partial charge in [0.1, 0.15) is 4.90 Å². The number of hydrogen-bond donors (Lipinski definition) is 0. The summed E-state index contributed by atoms with van der Waals surface area (Å²) in [5.74, 6) is 0. The Morgan fingerprint density at radius 1 is 1.35 bits per heavy atom. The van der Waals surface area contributed by atoms with E-state index in [2.05, 4.69) is 4.40 Å². The van der Waals surface area contributed by atoms with Crippen LogP contribution < -0.4 is 4.90 Å². The second-order valence-corrected chi connectivity index (χ2v) is 6.51. The predicted octanol–water partition coefficient (Wildman–Crippen LogP) is 2.85. The largest absolute Gasteiger partial charge is 0.322 e. The molecule has 0 aromatic heterocycles. The van der Waals surface area contributed by atoms with Crippen LogP contribution in [0.4, 0.5) is 5.69 Å². The number of rotatable bonds is 0. The smallest absolute Gasteiger partial charge is 0.288 e. The number of thioether (sulfide) groups is 1. The molecule has 92 valence electrons. The average Bonchev–Trinajstić information content (AvgIpc) is 2.21. The third-order valence-electron chi connectivity index (χ3n) is 2.28. The number of sulfonamides is 1. The summed E-state index contributed by atoms with van der Waals surface area (Å²) in [5, 5.41) is 0.859. The number of anilines is 1. The molecule has 0 atom stereocenters. The van der Waals surface area contributed by atoms with Crippen molar-refractivity contribution in [1.29, 1.82) is 0 Å². The van der Waals surface area contributed by atoms with Gasteiger partial charge in [0.25, 0.3) is 10.0 Å². The van der Waals surface area contributed by atoms with Crippen LogP contribution in [-0.2, 0) is 10.0 Å². The van der Waals surface area contributed by atoms with Crippen molar-refractivity contribution in [2.24, 2.45) is 4.40 Å². The van der Waals surface area contributed by atoms with E-state index in [-0.39, 0.29) is 9.92 Å². The van der Waals surface area contributed by atoms with Crippen LogP contribution >= 0.6 is 35.0 Å². The average molecular weight is 311 g/mol. The molecule has 0 saturated heterocycles. The van der Waals surface area contributed by atoms with Crippen molar-refractivity contribution in [2.75, 3.05) is 18.2 Å². The minimum atomic E-state index is -3.75. The number of halogens is 2. The Bertz CT molecular complexity index is 614. The molecule has 0 unspecified atom stereocenters. The fourth-order valence-electron chi connectivity index (χ4n) is 1.54. The van der Waals surface area contributed by atoms with Crippen LogP contribution in [0.5, 0.6) is 0 Å². The lowest BCUT2D eigenvalue weighted by atomic mass is 10.3. The zero-order valence-corrected chi connectivity index (χ0v) is 12.1. The van der Waals surface area contributed by atoms with Gasteiger partial charge in [-0.1, -0.05) is 35.0 Å². The quantitative estimate of drug-likeness (QED) is 0.739. The van der Waals surface area contributed by atoms with Crippen LogP contribution in [0.1, 0.15) is 0 Å². The molecule has 0 N–H and O–H groups in total. The van der Waals surface area contributed by atoms with Crippen LogP contribution in [0.3, 0.4) is 0 Å². The van der Waals surface area contributed by atoms with E-state index in [1.807, 2.05) is 0 Å². The maximum absolute atomic E-state index is 12.0. The summed E-state index contributed by atoms with van der Waals surface area (Å²) >= 11 is 13.0. The molecule has 0 radical (unpaired) electrons. The zero-order valence-electron chi connectivity index (χ0n) is 8.94. The zero-order chi connectivity index (χ0) is 12.8. The van der Waals surface area contributed by atoms with Gasteiger partial charge in [0.15, 0.2) is 5.17 Å². The van der Waals surface area contributed by atoms with Crippen molar-refractivity contribution in [2.45, 2.75) is 4.90 Å². The second kappa shape index (κ2) is 4.35. The predicted molar refractivity (Wildman–Crippen MR) is 73.0 cm³/mol. The highest BCUT2D eigenvalue weighted by atomic mass is 35.5. The third kappa shape index (κ3) is 2.14. The molecule has 1 aromatic carbocycles. The molecule has 0 bridgehead atoms. The highest BCUT2D eigenvalue weighted by Gasteiger charge is 2.31. The van der Waals surface area contributed by atoms with Crippen molar-refractivity contribution < 1.29 is 8.42 Å². The van der Waals surface area contributed by atoms with Gasteiger partial charge in [-0.15, -0.1) is 4.40 Å². The van der Waals surface area contributed by atoms with Crippen LogP contribution in [0.2, 0.25) is 10.0 Å². The van der Waals surface area contributed by atoms with Gasteiger partial charge in [-0.25, -0.2) is 0 Å². The van der Waals surface area contributed by atoms with E-state index in [1.165, 1.54) is 17.8 Å². The monoisotopic (exact) mass is 310 g/mol. The van der Waals surface area contributed by atoms with Gasteiger partial charge in [-0.2, -0.15) is 8.42 Å². The molecule has 0 spiro atoms. The van der Waals surface area contributed by atoms with Gasteiger partial charge < -0.3 is 4.90 Å². The van der Waals surface area contributed by atoms with E-state index >= 15 is 0 Å². The van der Waals surface area contributed by atoms with Crippen molar-refractivity contribution >= 4 is 55.8 Å². The first-order valence-electron chi connectivity index (χ1n) is 4.48. The molecule has 0 fully saturated rings. The summed E-state index contributed by atoms with van der Waals surface area (Å²) in [6.45, 7) is 0. The Hall–Kier alpha value is -0.430. The van der Waals surface area contributed by atoms with E-state index < -0.39 is 10.0 Å². The summed E-state index contributed by atoms with van der Waals surface area (Å²) < 4.78 is 27.6. The molecule has 4 nitrogen and oxygen atoms in total. The fourth-order valence-corrected chi connectivity index (χ4v) is 4.46. The highest BCUT2D eigenvalue weighted by molar-refractivity contribution is 8.14. The Kier molecular flexibility index (Phi) is 3.33. The first kappa shape index (κ1) is 13.0. The van der Waals surface area contributed by atoms with Gasteiger partial charge >= 0.3 is 0 Å². The van der Waals surface area contributed by atoms with Crippen LogP contribution in [0, 0.1) is 0 Å². The molecule has 8 heteroatoms. The summed E-state index contributed by atoms with van der Waals surface area (Å²) in [4.78, 5) is 1.66. The molecular weight excluding hydrogens is 303 g/mol. The molecule has 0 aliphatic carbocycles. The number of benzene rings is 1. The normalized spacial score (nSPS) is 17.6. The number of amidine groups is 1.